The number of benzene rings is 1. The fourth-order valence-corrected chi connectivity index (χ4v) is 3.17. The molecule has 2 aliphatic rings. The van der Waals surface area contributed by atoms with Gasteiger partial charge in [-0.2, -0.15) is 0 Å². The summed E-state index contributed by atoms with van der Waals surface area (Å²) in [7, 11) is 0. The van der Waals surface area contributed by atoms with E-state index in [1.165, 1.54) is 0 Å². The molecule has 0 unspecified atom stereocenters. The number of carbonyl (C=O) groups is 1. The molecule has 2 aliphatic heterocycles. The van der Waals surface area contributed by atoms with Crippen LogP contribution in [0.15, 0.2) is 23.8 Å². The SMILES string of the molecule is CC(C)=CCc1c(O[C@H]2O[C@H](CO)[C@@H](O)[C@H](O)[C@H]2O)ccc2c1CC(=O)O2. The Morgan fingerprint density at radius 2 is 1.96 bits per heavy atom. The predicted octanol–water partition coefficient (Wildman–Crippen LogP) is -0.165. The molecule has 1 saturated heterocycles. The van der Waals surface area contributed by atoms with Crippen molar-refractivity contribution in [3.05, 3.63) is 34.9 Å². The van der Waals surface area contributed by atoms with E-state index < -0.39 is 37.3 Å². The van der Waals surface area contributed by atoms with Crippen molar-refractivity contribution in [2.75, 3.05) is 6.61 Å². The molecule has 148 valence electrons. The van der Waals surface area contributed by atoms with Gasteiger partial charge in [0.2, 0.25) is 6.29 Å². The summed E-state index contributed by atoms with van der Waals surface area (Å²) in [5, 5.41) is 39.3. The van der Waals surface area contributed by atoms with E-state index >= 15 is 0 Å². The highest BCUT2D eigenvalue weighted by Crippen LogP contribution is 2.37. The number of hydrogen-bond acceptors (Lipinski definition) is 8. The Bertz CT molecular complexity index is 737. The molecule has 5 atom stereocenters. The van der Waals surface area contributed by atoms with Gasteiger partial charge in [0.1, 0.15) is 35.9 Å². The van der Waals surface area contributed by atoms with Crippen molar-refractivity contribution < 1.29 is 39.4 Å². The van der Waals surface area contributed by atoms with Gasteiger partial charge < -0.3 is 34.6 Å². The molecule has 0 aromatic heterocycles. The number of fused-ring (bicyclic) bond motifs is 1. The molecule has 3 rings (SSSR count). The second kappa shape index (κ2) is 7.95. The molecular formula is C19H24O8. The van der Waals surface area contributed by atoms with Crippen molar-refractivity contribution in [2.45, 2.75) is 57.4 Å². The minimum absolute atomic E-state index is 0.118. The van der Waals surface area contributed by atoms with Gasteiger partial charge in [-0.05, 0) is 32.4 Å². The number of aliphatic hydroxyl groups is 4. The number of hydrogen-bond donors (Lipinski definition) is 4. The molecule has 2 heterocycles. The highest BCUT2D eigenvalue weighted by atomic mass is 16.7. The molecule has 8 nitrogen and oxygen atoms in total. The zero-order valence-corrected chi connectivity index (χ0v) is 15.2. The summed E-state index contributed by atoms with van der Waals surface area (Å²) in [6.07, 6.45) is -4.27. The van der Waals surface area contributed by atoms with Crippen molar-refractivity contribution in [1.29, 1.82) is 0 Å². The van der Waals surface area contributed by atoms with Crippen LogP contribution in [-0.2, 0) is 22.4 Å². The zero-order chi connectivity index (χ0) is 19.7. The average Bonchev–Trinajstić information content (AvgIpc) is 3.01. The van der Waals surface area contributed by atoms with Gasteiger partial charge in [0.15, 0.2) is 0 Å². The summed E-state index contributed by atoms with van der Waals surface area (Å²) < 4.78 is 16.4. The van der Waals surface area contributed by atoms with Crippen LogP contribution in [0.4, 0.5) is 0 Å². The Morgan fingerprint density at radius 1 is 1.22 bits per heavy atom. The topological polar surface area (TPSA) is 126 Å². The number of rotatable bonds is 5. The maximum Gasteiger partial charge on any atom is 0.315 e. The lowest BCUT2D eigenvalue weighted by Gasteiger charge is -2.39. The highest BCUT2D eigenvalue weighted by Gasteiger charge is 2.45. The van der Waals surface area contributed by atoms with E-state index in [2.05, 4.69) is 0 Å². The van der Waals surface area contributed by atoms with E-state index in [-0.39, 0.29) is 12.4 Å². The monoisotopic (exact) mass is 380 g/mol. The van der Waals surface area contributed by atoms with Crippen molar-refractivity contribution >= 4 is 5.97 Å². The third-order valence-electron chi connectivity index (χ3n) is 4.70. The van der Waals surface area contributed by atoms with Gasteiger partial charge >= 0.3 is 5.97 Å². The van der Waals surface area contributed by atoms with Crippen LogP contribution in [0.3, 0.4) is 0 Å². The first-order chi connectivity index (χ1) is 12.8. The van der Waals surface area contributed by atoms with Gasteiger partial charge in [0, 0.05) is 11.1 Å². The normalized spacial score (nSPS) is 29.9. The van der Waals surface area contributed by atoms with Gasteiger partial charge in [-0.15, -0.1) is 0 Å². The summed E-state index contributed by atoms with van der Waals surface area (Å²) in [6.45, 7) is 3.36. The molecule has 1 fully saturated rings. The van der Waals surface area contributed by atoms with Crippen molar-refractivity contribution in [3.8, 4) is 11.5 Å². The standard InChI is InChI=1S/C19H24O8/c1-9(2)3-4-10-11-7-15(21)25-13(11)6-5-12(10)26-19-18(24)17(23)16(22)14(8-20)27-19/h3,5-6,14,16-20,22-24H,4,7-8H2,1-2H3/t14-,16-,17+,18-,19+/m1/s1. The fourth-order valence-electron chi connectivity index (χ4n) is 3.17. The van der Waals surface area contributed by atoms with Gasteiger partial charge in [-0.25, -0.2) is 0 Å². The second-order valence-corrected chi connectivity index (χ2v) is 6.97. The molecule has 1 aromatic rings. The van der Waals surface area contributed by atoms with E-state index in [1.54, 1.807) is 12.1 Å². The van der Waals surface area contributed by atoms with Crippen LogP contribution in [0, 0.1) is 0 Å². The number of allylic oxidation sites excluding steroid dienone is 2. The molecule has 0 aliphatic carbocycles. The lowest BCUT2D eigenvalue weighted by molar-refractivity contribution is -0.277. The van der Waals surface area contributed by atoms with E-state index in [0.29, 0.717) is 23.5 Å². The van der Waals surface area contributed by atoms with Gasteiger partial charge in [-0.1, -0.05) is 11.6 Å². The molecule has 0 bridgehead atoms. The van der Waals surface area contributed by atoms with Gasteiger partial charge in [0.05, 0.1) is 13.0 Å². The third kappa shape index (κ3) is 3.99. The zero-order valence-electron chi connectivity index (χ0n) is 15.2. The van der Waals surface area contributed by atoms with E-state index in [4.69, 9.17) is 14.2 Å². The lowest BCUT2D eigenvalue weighted by atomic mass is 9.98. The Kier molecular flexibility index (Phi) is 5.83. The van der Waals surface area contributed by atoms with Crippen LogP contribution in [-0.4, -0.2) is 63.7 Å². The largest absolute Gasteiger partial charge is 0.462 e. The number of ether oxygens (including phenoxy) is 3. The van der Waals surface area contributed by atoms with Crippen LogP contribution in [0.1, 0.15) is 25.0 Å². The maximum absolute atomic E-state index is 11.7. The van der Waals surface area contributed by atoms with Crippen LogP contribution < -0.4 is 9.47 Å². The number of aliphatic hydroxyl groups excluding tert-OH is 4. The number of esters is 1. The smallest absolute Gasteiger partial charge is 0.315 e. The third-order valence-corrected chi connectivity index (χ3v) is 4.70. The van der Waals surface area contributed by atoms with Gasteiger partial charge in [-0.3, -0.25) is 4.79 Å². The Balaban J connectivity index is 1.91. The van der Waals surface area contributed by atoms with Crippen LogP contribution in [0.25, 0.3) is 0 Å². The Labute approximate surface area is 156 Å². The summed E-state index contributed by atoms with van der Waals surface area (Å²) in [4.78, 5) is 11.7. The van der Waals surface area contributed by atoms with E-state index in [0.717, 1.165) is 11.1 Å². The fraction of sp³-hybridized carbons (Fsp3) is 0.526. The quantitative estimate of drug-likeness (QED) is 0.315. The summed E-state index contributed by atoms with van der Waals surface area (Å²) in [6, 6.07) is 3.21. The number of carbonyl (C=O) groups excluding carboxylic acids is 1. The Hall–Kier alpha value is -1.97. The summed E-state index contributed by atoms with van der Waals surface area (Å²) in [5.74, 6) is 0.487. The summed E-state index contributed by atoms with van der Waals surface area (Å²) in [5.41, 5.74) is 2.51. The molecule has 0 radical (unpaired) electrons. The van der Waals surface area contributed by atoms with Crippen LogP contribution in [0.5, 0.6) is 11.5 Å². The van der Waals surface area contributed by atoms with Crippen molar-refractivity contribution in [2.24, 2.45) is 0 Å². The predicted molar refractivity (Wildman–Crippen MR) is 93.3 cm³/mol. The summed E-state index contributed by atoms with van der Waals surface area (Å²) >= 11 is 0. The van der Waals surface area contributed by atoms with E-state index in [1.807, 2.05) is 19.9 Å². The molecule has 4 N–H and O–H groups in total. The molecule has 0 amide bonds. The van der Waals surface area contributed by atoms with Crippen LogP contribution in [0.2, 0.25) is 0 Å². The highest BCUT2D eigenvalue weighted by molar-refractivity contribution is 5.82. The van der Waals surface area contributed by atoms with Crippen molar-refractivity contribution in [1.82, 2.24) is 0 Å². The van der Waals surface area contributed by atoms with Gasteiger partial charge in [0.25, 0.3) is 0 Å². The molecule has 1 aromatic carbocycles. The minimum Gasteiger partial charge on any atom is -0.462 e. The second-order valence-electron chi connectivity index (χ2n) is 6.97. The van der Waals surface area contributed by atoms with Crippen LogP contribution >= 0.6 is 0 Å². The average molecular weight is 380 g/mol. The lowest BCUT2D eigenvalue weighted by Crippen LogP contribution is -2.60. The first-order valence-corrected chi connectivity index (χ1v) is 8.77. The molecule has 0 saturated carbocycles. The first kappa shape index (κ1) is 19.8. The molecule has 0 spiro atoms. The first-order valence-electron chi connectivity index (χ1n) is 8.77. The molecular weight excluding hydrogens is 356 g/mol. The molecule has 8 heteroatoms. The minimum atomic E-state index is -1.53. The van der Waals surface area contributed by atoms with E-state index in [9.17, 15) is 25.2 Å². The molecule has 27 heavy (non-hydrogen) atoms. The Morgan fingerprint density at radius 3 is 2.63 bits per heavy atom. The van der Waals surface area contributed by atoms with Crippen molar-refractivity contribution in [3.63, 3.8) is 0 Å². The maximum atomic E-state index is 11.7.